The zero-order chi connectivity index (χ0) is 24.2. The van der Waals surface area contributed by atoms with Gasteiger partial charge in [-0.2, -0.15) is 0 Å². The molecule has 4 aromatic rings. The van der Waals surface area contributed by atoms with Gasteiger partial charge in [0.05, 0.1) is 4.01 Å². The Morgan fingerprint density at radius 3 is 1.38 bits per heavy atom. The molecule has 4 heterocycles. The molecule has 0 spiro atoms. The highest BCUT2D eigenvalue weighted by Gasteiger charge is 2.21. The number of hydrogen-bond acceptors (Lipinski definition) is 4. The molecule has 0 atom stereocenters. The van der Waals surface area contributed by atoms with Gasteiger partial charge in [-0.15, -0.1) is 45.3 Å². The maximum absolute atomic E-state index is 2.50. The van der Waals surface area contributed by atoms with E-state index in [1.54, 1.807) is 11.1 Å². The van der Waals surface area contributed by atoms with E-state index < -0.39 is 0 Å². The molecule has 4 rings (SSSR count). The van der Waals surface area contributed by atoms with Crippen LogP contribution in [0.25, 0.3) is 28.9 Å². The number of rotatable bonds is 12. The highest BCUT2D eigenvalue weighted by Crippen LogP contribution is 2.50. The van der Waals surface area contributed by atoms with Crippen LogP contribution < -0.4 is 0 Å². The fraction of sp³-hybridized carbons (Fsp3) is 0.533. The van der Waals surface area contributed by atoms with Crippen LogP contribution in [0.5, 0.6) is 0 Å². The van der Waals surface area contributed by atoms with Crippen LogP contribution in [0, 0.1) is 27.7 Å². The van der Waals surface area contributed by atoms with Gasteiger partial charge < -0.3 is 0 Å². The first kappa shape index (κ1) is 26.1. The molecule has 0 aliphatic carbocycles. The van der Waals surface area contributed by atoms with Gasteiger partial charge in [0.15, 0.2) is 0 Å². The molecule has 0 radical (unpaired) electrons. The summed E-state index contributed by atoms with van der Waals surface area (Å²) in [6.45, 7) is 13.9. The van der Waals surface area contributed by atoms with E-state index in [2.05, 4.69) is 53.7 Å². The van der Waals surface area contributed by atoms with Crippen LogP contribution in [-0.2, 0) is 12.8 Å². The lowest BCUT2D eigenvalue weighted by molar-refractivity contribution is 0.666. The highest BCUT2D eigenvalue weighted by atomic mass is 32.2. The first-order valence-corrected chi connectivity index (χ1v) is 16.4. The number of hydrogen-bond donors (Lipinski definition) is 0. The van der Waals surface area contributed by atoms with Crippen molar-refractivity contribution < 1.29 is 0 Å². The zero-order valence-corrected chi connectivity index (χ0v) is 25.1. The third kappa shape index (κ3) is 5.56. The second-order valence-corrected chi connectivity index (χ2v) is 14.6. The van der Waals surface area contributed by atoms with Crippen LogP contribution in [0.2, 0.25) is 0 Å². The molecule has 0 amide bonds. The molecule has 0 saturated carbocycles. The Labute approximate surface area is 223 Å². The smallest absolute Gasteiger partial charge is 0.0884 e. The lowest BCUT2D eigenvalue weighted by atomic mass is 10.0. The third-order valence-electron chi connectivity index (χ3n) is 7.11. The summed E-state index contributed by atoms with van der Waals surface area (Å²) in [4.78, 5) is 9.00. The van der Waals surface area contributed by atoms with Gasteiger partial charge in [0, 0.05) is 34.6 Å². The summed E-state index contributed by atoms with van der Waals surface area (Å²) in [5, 5.41) is 1.52. The van der Waals surface area contributed by atoms with E-state index in [1.165, 1.54) is 114 Å². The van der Waals surface area contributed by atoms with Gasteiger partial charge in [-0.25, -0.2) is 0 Å². The predicted octanol–water partition coefficient (Wildman–Crippen LogP) is 11.9. The molecular weight excluding hydrogens is 489 g/mol. The van der Waals surface area contributed by atoms with Crippen molar-refractivity contribution in [3.05, 3.63) is 44.1 Å². The Kier molecular flexibility index (Phi) is 9.12. The minimum atomic E-state index is 1.24. The quantitative estimate of drug-likeness (QED) is 0.160. The van der Waals surface area contributed by atoms with Crippen molar-refractivity contribution >= 4 is 54.7 Å². The van der Waals surface area contributed by atoms with Crippen LogP contribution in [0.3, 0.4) is 0 Å². The molecule has 0 fully saturated rings. The second kappa shape index (κ2) is 11.9. The molecule has 4 aromatic heterocycles. The lowest BCUT2D eigenvalue weighted by Gasteiger charge is -2.00. The van der Waals surface area contributed by atoms with Crippen molar-refractivity contribution in [2.24, 2.45) is 0 Å². The molecule has 0 saturated heterocycles. The summed E-state index contributed by atoms with van der Waals surface area (Å²) in [6.07, 6.45) is 13.2. The average molecular weight is 529 g/mol. The number of aryl methyl sites for hydroxylation is 6. The first-order chi connectivity index (χ1) is 16.4. The molecule has 184 valence electrons. The van der Waals surface area contributed by atoms with Gasteiger partial charge in [0.2, 0.25) is 0 Å². The minimum Gasteiger partial charge on any atom is -0.139 e. The molecule has 0 unspecified atom stereocenters. The molecule has 0 aromatic carbocycles. The monoisotopic (exact) mass is 528 g/mol. The van der Waals surface area contributed by atoms with E-state index in [9.17, 15) is 0 Å². The van der Waals surface area contributed by atoms with Crippen molar-refractivity contribution in [1.82, 2.24) is 0 Å². The molecule has 0 aliphatic heterocycles. The van der Waals surface area contributed by atoms with Crippen LogP contribution in [0.15, 0.2) is 12.1 Å². The van der Waals surface area contributed by atoms with Crippen molar-refractivity contribution in [3.63, 3.8) is 0 Å². The van der Waals surface area contributed by atoms with Gasteiger partial charge in [0.1, 0.15) is 0 Å². The maximum atomic E-state index is 2.50. The highest BCUT2D eigenvalue weighted by molar-refractivity contribution is 7.42. The topological polar surface area (TPSA) is 0 Å². The minimum absolute atomic E-state index is 1.24. The van der Waals surface area contributed by atoms with Crippen LogP contribution in [0.1, 0.15) is 97.2 Å². The fourth-order valence-electron chi connectivity index (χ4n) is 4.99. The normalized spacial score (nSPS) is 11.8. The Morgan fingerprint density at radius 2 is 1.00 bits per heavy atom. The van der Waals surface area contributed by atoms with E-state index in [1.807, 2.05) is 45.3 Å². The number of thiophene rings is 4. The van der Waals surface area contributed by atoms with E-state index in [0.717, 1.165) is 0 Å². The zero-order valence-electron chi connectivity index (χ0n) is 21.9. The standard InChI is InChI=1S/C30H40S4/c1-7-9-11-13-15-23-17-25(31-21(23)5)28-19(3)27-20(4)29(34-30(27)33-28)26-18-24(22(6)32-26)16-14-12-10-8-2/h17-18H,7-16H2,1-6H3. The van der Waals surface area contributed by atoms with Crippen LogP contribution in [0.4, 0.5) is 0 Å². The summed E-state index contributed by atoms with van der Waals surface area (Å²) >= 11 is 8.06. The second-order valence-electron chi connectivity index (χ2n) is 9.78. The van der Waals surface area contributed by atoms with Gasteiger partial charge in [-0.1, -0.05) is 52.4 Å². The average Bonchev–Trinajstić information content (AvgIpc) is 3.54. The van der Waals surface area contributed by atoms with E-state index >= 15 is 0 Å². The van der Waals surface area contributed by atoms with Gasteiger partial charge >= 0.3 is 0 Å². The van der Waals surface area contributed by atoms with Gasteiger partial charge in [-0.05, 0) is 87.8 Å². The van der Waals surface area contributed by atoms with Crippen LogP contribution >= 0.6 is 45.3 Å². The molecule has 34 heavy (non-hydrogen) atoms. The van der Waals surface area contributed by atoms with Crippen molar-refractivity contribution in [2.45, 2.75) is 106 Å². The summed E-state index contributed by atoms with van der Waals surface area (Å²) in [7, 11) is 0. The Bertz CT molecular complexity index is 1130. The van der Waals surface area contributed by atoms with E-state index in [4.69, 9.17) is 0 Å². The molecular formula is C30H40S4. The number of unbranched alkanes of at least 4 members (excludes halogenated alkanes) is 6. The molecule has 0 N–H and O–H groups in total. The van der Waals surface area contributed by atoms with Crippen LogP contribution in [-0.4, -0.2) is 0 Å². The van der Waals surface area contributed by atoms with Gasteiger partial charge in [0.25, 0.3) is 0 Å². The number of fused-ring (bicyclic) bond motifs is 1. The largest absolute Gasteiger partial charge is 0.139 e. The van der Waals surface area contributed by atoms with Crippen molar-refractivity contribution in [3.8, 4) is 19.5 Å². The Hall–Kier alpha value is -0.940. The first-order valence-electron chi connectivity index (χ1n) is 13.2. The summed E-state index contributed by atoms with van der Waals surface area (Å²) in [5.41, 5.74) is 6.13. The predicted molar refractivity (Wildman–Crippen MR) is 161 cm³/mol. The van der Waals surface area contributed by atoms with Gasteiger partial charge in [-0.3, -0.25) is 0 Å². The summed E-state index contributed by atoms with van der Waals surface area (Å²) in [5.74, 6) is 0. The Balaban J connectivity index is 1.57. The van der Waals surface area contributed by atoms with Crippen molar-refractivity contribution in [2.75, 3.05) is 0 Å². The Morgan fingerprint density at radius 1 is 0.559 bits per heavy atom. The summed E-state index contributed by atoms with van der Waals surface area (Å²) in [6, 6.07) is 5.00. The fourth-order valence-corrected chi connectivity index (χ4v) is 10.3. The molecule has 4 heteroatoms. The third-order valence-corrected chi connectivity index (χ3v) is 12.3. The summed E-state index contributed by atoms with van der Waals surface area (Å²) < 4.78 is 1.51. The molecule has 0 nitrogen and oxygen atoms in total. The maximum Gasteiger partial charge on any atom is 0.0884 e. The molecule has 0 bridgehead atoms. The molecule has 0 aliphatic rings. The van der Waals surface area contributed by atoms with Crippen molar-refractivity contribution in [1.29, 1.82) is 0 Å². The van der Waals surface area contributed by atoms with E-state index in [0.29, 0.717) is 0 Å². The van der Waals surface area contributed by atoms with E-state index in [-0.39, 0.29) is 0 Å². The lowest BCUT2D eigenvalue weighted by Crippen LogP contribution is -1.85. The SMILES string of the molecule is CCCCCCc1cc(-c2sc3sc(-c4cc(CCCCCC)c(C)s4)c(C)c3c2C)sc1C.